The highest BCUT2D eigenvalue weighted by atomic mass is 35.5. The summed E-state index contributed by atoms with van der Waals surface area (Å²) in [6, 6.07) is 4.44. The van der Waals surface area contributed by atoms with E-state index in [-0.39, 0.29) is 11.5 Å². The molecule has 110 valence electrons. The first kappa shape index (κ1) is 15.3. The summed E-state index contributed by atoms with van der Waals surface area (Å²) < 4.78 is 13.7. The number of hydrogen-bond acceptors (Lipinski definition) is 2. The molecule has 0 aromatic heterocycles. The number of likely N-dealkylation sites (N-methyl/N-ethyl adjacent to an activating group) is 2. The number of benzene rings is 1. The molecule has 3 nitrogen and oxygen atoms in total. The van der Waals surface area contributed by atoms with Gasteiger partial charge in [-0.05, 0) is 44.1 Å². The number of carbonyl (C=O) groups is 1. The quantitative estimate of drug-likeness (QED) is 0.853. The molecule has 20 heavy (non-hydrogen) atoms. The first-order valence-corrected chi connectivity index (χ1v) is 7.35. The smallest absolute Gasteiger partial charge is 0.256 e. The van der Waals surface area contributed by atoms with Crippen molar-refractivity contribution >= 4 is 17.5 Å². The average Bonchev–Trinajstić information content (AvgIpc) is 2.87. The minimum absolute atomic E-state index is 0.0426. The van der Waals surface area contributed by atoms with E-state index in [9.17, 15) is 9.18 Å². The third kappa shape index (κ3) is 3.30. The lowest BCUT2D eigenvalue weighted by Crippen LogP contribution is -2.41. The summed E-state index contributed by atoms with van der Waals surface area (Å²) in [5.74, 6) is -0.835. The maximum atomic E-state index is 13.7. The Hall–Kier alpha value is -1.13. The van der Waals surface area contributed by atoms with Gasteiger partial charge in [-0.3, -0.25) is 9.69 Å². The topological polar surface area (TPSA) is 23.6 Å². The van der Waals surface area contributed by atoms with Crippen molar-refractivity contribution in [2.75, 3.05) is 26.7 Å². The molecule has 0 N–H and O–H groups in total. The van der Waals surface area contributed by atoms with Crippen molar-refractivity contribution in [2.45, 2.75) is 25.8 Å². The molecule has 1 unspecified atom stereocenters. The first-order valence-electron chi connectivity index (χ1n) is 6.97. The summed E-state index contributed by atoms with van der Waals surface area (Å²) in [6.45, 7) is 4.81. The fraction of sp³-hybridized carbons (Fsp3) is 0.533. The van der Waals surface area contributed by atoms with Crippen LogP contribution in [0.2, 0.25) is 5.02 Å². The molecule has 1 aromatic rings. The van der Waals surface area contributed by atoms with E-state index >= 15 is 0 Å². The molecule has 1 atom stereocenters. The fourth-order valence-electron chi connectivity index (χ4n) is 2.78. The van der Waals surface area contributed by atoms with E-state index < -0.39 is 5.82 Å². The highest BCUT2D eigenvalue weighted by molar-refractivity contribution is 6.30. The summed E-state index contributed by atoms with van der Waals surface area (Å²) in [4.78, 5) is 16.3. The van der Waals surface area contributed by atoms with Gasteiger partial charge in [-0.25, -0.2) is 4.39 Å². The van der Waals surface area contributed by atoms with Crippen molar-refractivity contribution in [3.05, 3.63) is 34.6 Å². The van der Waals surface area contributed by atoms with Crippen LogP contribution >= 0.6 is 11.6 Å². The molecular weight excluding hydrogens is 279 g/mol. The van der Waals surface area contributed by atoms with Crippen LogP contribution < -0.4 is 0 Å². The van der Waals surface area contributed by atoms with Gasteiger partial charge in [0, 0.05) is 24.7 Å². The Bertz CT molecular complexity index is 495. The number of amides is 1. The van der Waals surface area contributed by atoms with Crippen LogP contribution in [0.5, 0.6) is 0 Å². The second kappa shape index (κ2) is 6.55. The lowest BCUT2D eigenvalue weighted by molar-refractivity contribution is 0.0750. The fourth-order valence-corrected chi connectivity index (χ4v) is 2.96. The molecule has 0 saturated carbocycles. The number of carbonyl (C=O) groups excluding carboxylic acids is 1. The third-order valence-corrected chi connectivity index (χ3v) is 4.13. The lowest BCUT2D eigenvalue weighted by atomic mass is 10.1. The van der Waals surface area contributed by atoms with Gasteiger partial charge in [0.1, 0.15) is 5.82 Å². The van der Waals surface area contributed by atoms with Crippen LogP contribution in [-0.4, -0.2) is 48.4 Å². The number of hydrogen-bond donors (Lipinski definition) is 0. The number of rotatable bonds is 4. The Morgan fingerprint density at radius 2 is 2.30 bits per heavy atom. The molecular formula is C15H20ClFN2O. The summed E-state index contributed by atoms with van der Waals surface area (Å²) in [5, 5.41) is 0.374. The summed E-state index contributed by atoms with van der Waals surface area (Å²) in [6.07, 6.45) is 2.25. The Morgan fingerprint density at radius 3 is 3.00 bits per heavy atom. The van der Waals surface area contributed by atoms with E-state index in [1.165, 1.54) is 18.2 Å². The van der Waals surface area contributed by atoms with E-state index in [1.54, 1.807) is 11.9 Å². The monoisotopic (exact) mass is 298 g/mol. The maximum Gasteiger partial charge on any atom is 0.256 e. The van der Waals surface area contributed by atoms with Crippen molar-refractivity contribution in [2.24, 2.45) is 0 Å². The number of likely N-dealkylation sites (tertiary alicyclic amines) is 1. The molecule has 1 fully saturated rings. The third-order valence-electron chi connectivity index (χ3n) is 3.90. The average molecular weight is 299 g/mol. The highest BCUT2D eigenvalue weighted by Gasteiger charge is 2.26. The van der Waals surface area contributed by atoms with Gasteiger partial charge in [0.2, 0.25) is 0 Å². The molecule has 1 saturated heterocycles. The molecule has 0 aliphatic carbocycles. The van der Waals surface area contributed by atoms with Gasteiger partial charge < -0.3 is 4.90 Å². The van der Waals surface area contributed by atoms with Gasteiger partial charge in [0.15, 0.2) is 0 Å². The van der Waals surface area contributed by atoms with E-state index in [4.69, 9.17) is 11.6 Å². The molecule has 0 spiro atoms. The van der Waals surface area contributed by atoms with Crippen LogP contribution in [0.1, 0.15) is 30.1 Å². The molecule has 1 aromatic carbocycles. The minimum Gasteiger partial charge on any atom is -0.340 e. The molecule has 2 rings (SSSR count). The second-order valence-corrected chi connectivity index (χ2v) is 5.67. The molecule has 0 bridgehead atoms. The maximum absolute atomic E-state index is 13.7. The van der Waals surface area contributed by atoms with E-state index in [1.807, 2.05) is 0 Å². The Labute approximate surface area is 124 Å². The van der Waals surface area contributed by atoms with E-state index in [2.05, 4.69) is 11.8 Å². The molecule has 1 heterocycles. The Balaban J connectivity index is 2.07. The molecule has 5 heteroatoms. The van der Waals surface area contributed by atoms with Gasteiger partial charge in [-0.1, -0.05) is 18.5 Å². The van der Waals surface area contributed by atoms with Crippen molar-refractivity contribution in [3.63, 3.8) is 0 Å². The van der Waals surface area contributed by atoms with Crippen molar-refractivity contribution in [1.29, 1.82) is 0 Å². The molecule has 1 aliphatic heterocycles. The lowest BCUT2D eigenvalue weighted by Gasteiger charge is -2.27. The van der Waals surface area contributed by atoms with Crippen LogP contribution in [-0.2, 0) is 0 Å². The zero-order chi connectivity index (χ0) is 14.7. The molecule has 0 radical (unpaired) electrons. The van der Waals surface area contributed by atoms with Gasteiger partial charge in [0.05, 0.1) is 5.56 Å². The van der Waals surface area contributed by atoms with Crippen molar-refractivity contribution in [1.82, 2.24) is 9.80 Å². The SMILES string of the molecule is CCN1CCCC1CN(C)C(=O)c1cc(Cl)ccc1F. The van der Waals surface area contributed by atoms with Gasteiger partial charge in [-0.2, -0.15) is 0 Å². The Morgan fingerprint density at radius 1 is 1.55 bits per heavy atom. The van der Waals surface area contributed by atoms with Crippen LogP contribution in [0.3, 0.4) is 0 Å². The zero-order valence-corrected chi connectivity index (χ0v) is 12.7. The minimum atomic E-state index is -0.523. The van der Waals surface area contributed by atoms with Crippen molar-refractivity contribution in [3.8, 4) is 0 Å². The van der Waals surface area contributed by atoms with E-state index in [0.717, 1.165) is 25.9 Å². The highest BCUT2D eigenvalue weighted by Crippen LogP contribution is 2.20. The van der Waals surface area contributed by atoms with Crippen LogP contribution in [0.25, 0.3) is 0 Å². The predicted octanol–water partition coefficient (Wildman–Crippen LogP) is 3.04. The van der Waals surface area contributed by atoms with Gasteiger partial charge >= 0.3 is 0 Å². The first-order chi connectivity index (χ1) is 9.52. The molecule has 1 amide bonds. The zero-order valence-electron chi connectivity index (χ0n) is 11.9. The largest absolute Gasteiger partial charge is 0.340 e. The Kier molecular flexibility index (Phi) is 5.00. The second-order valence-electron chi connectivity index (χ2n) is 5.23. The van der Waals surface area contributed by atoms with E-state index in [0.29, 0.717) is 17.6 Å². The van der Waals surface area contributed by atoms with Gasteiger partial charge in [-0.15, -0.1) is 0 Å². The van der Waals surface area contributed by atoms with Gasteiger partial charge in [0.25, 0.3) is 5.91 Å². The number of halogens is 2. The van der Waals surface area contributed by atoms with Crippen molar-refractivity contribution < 1.29 is 9.18 Å². The predicted molar refractivity (Wildman–Crippen MR) is 78.6 cm³/mol. The van der Waals surface area contributed by atoms with Crippen LogP contribution in [0, 0.1) is 5.82 Å². The summed E-state index contributed by atoms with van der Waals surface area (Å²) >= 11 is 5.84. The molecule has 1 aliphatic rings. The normalized spacial score (nSPS) is 19.3. The van der Waals surface area contributed by atoms with Crippen LogP contribution in [0.4, 0.5) is 4.39 Å². The number of nitrogens with zero attached hydrogens (tertiary/aromatic N) is 2. The summed E-state index contributed by atoms with van der Waals surface area (Å²) in [7, 11) is 1.72. The van der Waals surface area contributed by atoms with Crippen LogP contribution in [0.15, 0.2) is 18.2 Å². The standard InChI is InChI=1S/C15H20ClFN2O/c1-3-19-8-4-5-12(19)10-18(2)15(20)13-9-11(16)6-7-14(13)17/h6-7,9,12H,3-5,8,10H2,1-2H3. The summed E-state index contributed by atoms with van der Waals surface area (Å²) in [5.41, 5.74) is 0.0426.